The van der Waals surface area contributed by atoms with E-state index in [1.165, 1.54) is 11.4 Å². The van der Waals surface area contributed by atoms with Crippen LogP contribution in [0.1, 0.15) is 12.8 Å². The normalized spacial score (nSPS) is 20.7. The average molecular weight is 256 g/mol. The summed E-state index contributed by atoms with van der Waals surface area (Å²) in [6, 6.07) is 8.27. The number of nitrogens with zero attached hydrogens (tertiary/aromatic N) is 4. The van der Waals surface area contributed by atoms with E-state index in [-0.39, 0.29) is 6.17 Å². The lowest BCUT2D eigenvalue weighted by molar-refractivity contribution is -0.107. The molecular weight excluding hydrogens is 240 g/mol. The van der Waals surface area contributed by atoms with Crippen molar-refractivity contribution >= 4 is 30.2 Å². The number of rotatable bonds is 4. The SMILES string of the molecule is O=CCCN1CN(C2CC=NC=N2)c2ccccc21. The van der Waals surface area contributed by atoms with Crippen LogP contribution in [0, 0.1) is 0 Å². The average Bonchev–Trinajstić information content (AvgIpc) is 2.85. The van der Waals surface area contributed by atoms with Gasteiger partial charge in [0.05, 0.1) is 18.0 Å². The summed E-state index contributed by atoms with van der Waals surface area (Å²) in [5.41, 5.74) is 2.37. The third kappa shape index (κ3) is 2.23. The summed E-state index contributed by atoms with van der Waals surface area (Å²) in [6.07, 6.45) is 5.97. The molecule has 0 saturated heterocycles. The van der Waals surface area contributed by atoms with E-state index < -0.39 is 0 Å². The quantitative estimate of drug-likeness (QED) is 0.770. The summed E-state index contributed by atoms with van der Waals surface area (Å²) < 4.78 is 0. The van der Waals surface area contributed by atoms with Gasteiger partial charge in [0.2, 0.25) is 0 Å². The van der Waals surface area contributed by atoms with Crippen molar-refractivity contribution < 1.29 is 4.79 Å². The first-order valence-corrected chi connectivity index (χ1v) is 6.47. The van der Waals surface area contributed by atoms with E-state index in [1.54, 1.807) is 6.34 Å². The first-order chi connectivity index (χ1) is 9.40. The molecule has 1 unspecified atom stereocenters. The first kappa shape index (κ1) is 11.9. The highest BCUT2D eigenvalue weighted by Gasteiger charge is 2.29. The third-order valence-electron chi connectivity index (χ3n) is 3.46. The van der Waals surface area contributed by atoms with Gasteiger partial charge in [-0.3, -0.25) is 0 Å². The number of carbonyl (C=O) groups is 1. The number of anilines is 2. The van der Waals surface area contributed by atoms with Crippen LogP contribution >= 0.6 is 0 Å². The van der Waals surface area contributed by atoms with Crippen molar-refractivity contribution in [1.29, 1.82) is 0 Å². The van der Waals surface area contributed by atoms with E-state index in [0.717, 1.165) is 25.9 Å². The van der Waals surface area contributed by atoms with Gasteiger partial charge in [-0.25, -0.2) is 9.98 Å². The molecule has 5 heteroatoms. The van der Waals surface area contributed by atoms with Crippen LogP contribution in [0.5, 0.6) is 0 Å². The molecule has 19 heavy (non-hydrogen) atoms. The molecule has 1 atom stereocenters. The largest absolute Gasteiger partial charge is 0.352 e. The molecule has 98 valence electrons. The number of aliphatic imine (C=N–C) groups is 2. The predicted octanol–water partition coefficient (Wildman–Crippen LogP) is 1.69. The second kappa shape index (κ2) is 5.22. The van der Waals surface area contributed by atoms with Gasteiger partial charge in [0.25, 0.3) is 0 Å². The van der Waals surface area contributed by atoms with Gasteiger partial charge >= 0.3 is 0 Å². The van der Waals surface area contributed by atoms with Crippen LogP contribution in [0.15, 0.2) is 34.3 Å². The Morgan fingerprint density at radius 3 is 2.89 bits per heavy atom. The second-order valence-corrected chi connectivity index (χ2v) is 4.63. The Hall–Kier alpha value is -2.17. The van der Waals surface area contributed by atoms with Crippen molar-refractivity contribution in [2.75, 3.05) is 23.0 Å². The van der Waals surface area contributed by atoms with Gasteiger partial charge in [-0.2, -0.15) is 0 Å². The Labute approximate surface area is 112 Å². The minimum atomic E-state index is 0.111. The molecule has 1 aromatic carbocycles. The fourth-order valence-corrected chi connectivity index (χ4v) is 2.55. The van der Waals surface area contributed by atoms with Gasteiger partial charge in [-0.15, -0.1) is 0 Å². The molecule has 0 amide bonds. The highest BCUT2D eigenvalue weighted by molar-refractivity contribution is 5.80. The Kier molecular flexibility index (Phi) is 3.27. The maximum absolute atomic E-state index is 10.6. The maximum Gasteiger partial charge on any atom is 0.129 e. The van der Waals surface area contributed by atoms with Gasteiger partial charge in [-0.1, -0.05) is 12.1 Å². The molecule has 1 aromatic rings. The van der Waals surface area contributed by atoms with Crippen LogP contribution in [0.2, 0.25) is 0 Å². The van der Waals surface area contributed by atoms with Gasteiger partial charge in [-0.05, 0) is 12.1 Å². The number of aldehydes is 1. The molecule has 0 fully saturated rings. The Morgan fingerprint density at radius 1 is 1.32 bits per heavy atom. The number of carbonyl (C=O) groups excluding carboxylic acids is 1. The minimum Gasteiger partial charge on any atom is -0.352 e. The van der Waals surface area contributed by atoms with Crippen LogP contribution in [0.3, 0.4) is 0 Å². The van der Waals surface area contributed by atoms with Crippen LogP contribution in [0.4, 0.5) is 11.4 Å². The van der Waals surface area contributed by atoms with Crippen molar-refractivity contribution in [1.82, 2.24) is 0 Å². The zero-order chi connectivity index (χ0) is 13.1. The molecule has 2 aliphatic heterocycles. The molecule has 0 aromatic heterocycles. The van der Waals surface area contributed by atoms with Crippen molar-refractivity contribution in [3.8, 4) is 0 Å². The molecule has 3 rings (SSSR count). The zero-order valence-electron chi connectivity index (χ0n) is 10.6. The van der Waals surface area contributed by atoms with Gasteiger partial charge in [0.1, 0.15) is 18.8 Å². The maximum atomic E-state index is 10.6. The standard InChI is InChI=1S/C14H16N4O/c19-9-3-8-17-11-18(14-6-7-15-10-16-14)13-5-2-1-4-12(13)17/h1-2,4-5,7,9-10,14H,3,6,8,11H2. The summed E-state index contributed by atoms with van der Waals surface area (Å²) in [5, 5.41) is 0. The molecule has 5 nitrogen and oxygen atoms in total. The Morgan fingerprint density at radius 2 is 2.16 bits per heavy atom. The lowest BCUT2D eigenvalue weighted by Gasteiger charge is -2.27. The van der Waals surface area contributed by atoms with Crippen LogP contribution in [-0.4, -0.2) is 38.2 Å². The molecule has 2 heterocycles. The summed E-state index contributed by atoms with van der Waals surface area (Å²) in [4.78, 5) is 23.5. The van der Waals surface area contributed by atoms with Crippen molar-refractivity contribution in [2.24, 2.45) is 9.98 Å². The minimum absolute atomic E-state index is 0.111. The molecular formula is C14H16N4O. The molecule has 0 saturated carbocycles. The smallest absolute Gasteiger partial charge is 0.129 e. The topological polar surface area (TPSA) is 48.3 Å². The Bertz CT molecular complexity index is 526. The lowest BCUT2D eigenvalue weighted by Crippen LogP contribution is -2.39. The van der Waals surface area contributed by atoms with Gasteiger partial charge < -0.3 is 14.6 Å². The monoisotopic (exact) mass is 256 g/mol. The van der Waals surface area contributed by atoms with Crippen LogP contribution < -0.4 is 9.80 Å². The highest BCUT2D eigenvalue weighted by atomic mass is 16.1. The summed E-state index contributed by atoms with van der Waals surface area (Å²) in [5.74, 6) is 0. The molecule has 2 aliphatic rings. The first-order valence-electron chi connectivity index (χ1n) is 6.47. The summed E-state index contributed by atoms with van der Waals surface area (Å²) >= 11 is 0. The third-order valence-corrected chi connectivity index (χ3v) is 3.46. The highest BCUT2D eigenvalue weighted by Crippen LogP contribution is 2.37. The molecule has 0 spiro atoms. The predicted molar refractivity (Wildman–Crippen MR) is 77.2 cm³/mol. The zero-order valence-corrected chi connectivity index (χ0v) is 10.6. The van der Waals surface area contributed by atoms with E-state index in [9.17, 15) is 4.79 Å². The van der Waals surface area contributed by atoms with E-state index in [4.69, 9.17) is 0 Å². The second-order valence-electron chi connectivity index (χ2n) is 4.63. The van der Waals surface area contributed by atoms with Crippen molar-refractivity contribution in [2.45, 2.75) is 19.0 Å². The van der Waals surface area contributed by atoms with E-state index >= 15 is 0 Å². The molecule has 0 bridgehead atoms. The number of hydrogen-bond acceptors (Lipinski definition) is 5. The number of para-hydroxylation sites is 2. The van der Waals surface area contributed by atoms with Crippen LogP contribution in [0.25, 0.3) is 0 Å². The van der Waals surface area contributed by atoms with Crippen molar-refractivity contribution in [3.63, 3.8) is 0 Å². The summed E-state index contributed by atoms with van der Waals surface area (Å²) in [7, 11) is 0. The van der Waals surface area contributed by atoms with Crippen molar-refractivity contribution in [3.05, 3.63) is 24.3 Å². The number of benzene rings is 1. The van der Waals surface area contributed by atoms with E-state index in [2.05, 4.69) is 31.9 Å². The summed E-state index contributed by atoms with van der Waals surface area (Å²) in [6.45, 7) is 1.53. The van der Waals surface area contributed by atoms with Gasteiger partial charge in [0, 0.05) is 25.6 Å². The van der Waals surface area contributed by atoms with E-state index in [0.29, 0.717) is 6.42 Å². The van der Waals surface area contributed by atoms with E-state index in [1.807, 2.05) is 18.3 Å². The number of hydrogen-bond donors (Lipinski definition) is 0. The lowest BCUT2D eigenvalue weighted by atomic mass is 10.2. The van der Waals surface area contributed by atoms with Crippen LogP contribution in [-0.2, 0) is 4.79 Å². The number of fused-ring (bicyclic) bond motifs is 1. The fraction of sp³-hybridized carbons (Fsp3) is 0.357. The Balaban J connectivity index is 1.85. The molecule has 0 aliphatic carbocycles. The molecule has 0 radical (unpaired) electrons. The fourth-order valence-electron chi connectivity index (χ4n) is 2.55. The molecule has 0 N–H and O–H groups in total. The van der Waals surface area contributed by atoms with Gasteiger partial charge in [0.15, 0.2) is 0 Å².